The second kappa shape index (κ2) is 7.23. The molecular formula is C16H10ClF5N4O2. The highest BCUT2D eigenvalue weighted by molar-refractivity contribution is 6.37. The van der Waals surface area contributed by atoms with Gasteiger partial charge in [-0.2, -0.15) is 27.1 Å². The van der Waals surface area contributed by atoms with Gasteiger partial charge in [-0.1, -0.05) is 23.7 Å². The summed E-state index contributed by atoms with van der Waals surface area (Å²) >= 11 is 6.01. The highest BCUT2D eigenvalue weighted by atomic mass is 35.5. The van der Waals surface area contributed by atoms with Crippen molar-refractivity contribution in [3.63, 3.8) is 0 Å². The van der Waals surface area contributed by atoms with Crippen molar-refractivity contribution >= 4 is 28.8 Å². The molecule has 6 nitrogen and oxygen atoms in total. The van der Waals surface area contributed by atoms with Crippen LogP contribution in [0.5, 0.6) is 5.75 Å². The van der Waals surface area contributed by atoms with Gasteiger partial charge >= 0.3 is 12.8 Å². The number of fused-ring (bicyclic) bond motifs is 1. The Morgan fingerprint density at radius 2 is 1.96 bits per heavy atom. The molecule has 148 valence electrons. The van der Waals surface area contributed by atoms with Crippen LogP contribution in [-0.4, -0.2) is 27.1 Å². The topological polar surface area (TPSA) is 68.5 Å². The highest BCUT2D eigenvalue weighted by Gasteiger charge is 2.36. The van der Waals surface area contributed by atoms with Gasteiger partial charge in [-0.15, -0.1) is 0 Å². The Kier molecular flexibility index (Phi) is 5.11. The van der Waals surface area contributed by atoms with Crippen LogP contribution in [0.1, 0.15) is 21.9 Å². The first-order valence-electron chi connectivity index (χ1n) is 7.56. The maximum absolute atomic E-state index is 13.2. The molecule has 0 aliphatic rings. The van der Waals surface area contributed by atoms with Crippen LogP contribution in [0.4, 0.5) is 27.6 Å². The lowest BCUT2D eigenvalue weighted by molar-refractivity contribution is -0.142. The molecule has 0 aliphatic heterocycles. The molecule has 0 unspecified atom stereocenters. The van der Waals surface area contributed by atoms with Crippen LogP contribution in [0.2, 0.25) is 5.02 Å². The Labute approximate surface area is 158 Å². The summed E-state index contributed by atoms with van der Waals surface area (Å²) in [6.07, 6.45) is -4.77. The zero-order chi connectivity index (χ0) is 20.6. The fourth-order valence-electron chi connectivity index (χ4n) is 2.41. The van der Waals surface area contributed by atoms with Crippen LogP contribution in [-0.2, 0) is 6.18 Å². The van der Waals surface area contributed by atoms with Crippen LogP contribution in [0.15, 0.2) is 30.3 Å². The van der Waals surface area contributed by atoms with Crippen molar-refractivity contribution in [1.82, 2.24) is 14.6 Å². The van der Waals surface area contributed by atoms with Gasteiger partial charge in [-0.3, -0.25) is 4.79 Å². The quantitative estimate of drug-likeness (QED) is 0.628. The van der Waals surface area contributed by atoms with E-state index in [1.165, 1.54) is 31.2 Å². The summed E-state index contributed by atoms with van der Waals surface area (Å²) in [5.41, 5.74) is -2.21. The highest BCUT2D eigenvalue weighted by Crippen LogP contribution is 2.33. The summed E-state index contributed by atoms with van der Waals surface area (Å²) < 4.78 is 69.4. The Hall–Kier alpha value is -2.95. The average molecular weight is 421 g/mol. The largest absolute Gasteiger partial charge is 0.433 e. The van der Waals surface area contributed by atoms with Crippen LogP contribution in [0.3, 0.4) is 0 Å². The summed E-state index contributed by atoms with van der Waals surface area (Å²) in [6.45, 7) is -1.81. The number of nitrogens with zero attached hydrogens (tertiary/aromatic N) is 3. The number of hydrogen-bond donors (Lipinski definition) is 1. The molecule has 2 aromatic heterocycles. The number of hydrogen-bond acceptors (Lipinski definition) is 4. The Balaban J connectivity index is 2.03. The number of anilines is 1. The minimum absolute atomic E-state index is 0.0178. The number of carbonyl (C=O) groups excluding carboxylic acids is 1. The number of para-hydroxylation sites is 2. The first-order valence-corrected chi connectivity index (χ1v) is 7.94. The lowest BCUT2D eigenvalue weighted by Gasteiger charge is -2.10. The van der Waals surface area contributed by atoms with Crippen LogP contribution >= 0.6 is 11.6 Å². The van der Waals surface area contributed by atoms with Crippen LogP contribution < -0.4 is 10.1 Å². The summed E-state index contributed by atoms with van der Waals surface area (Å²) in [4.78, 5) is 16.3. The minimum atomic E-state index is -4.77. The molecule has 12 heteroatoms. The normalized spacial score (nSPS) is 11.9. The van der Waals surface area contributed by atoms with E-state index in [1.54, 1.807) is 0 Å². The third-order valence-electron chi connectivity index (χ3n) is 3.52. The smallest absolute Gasteiger partial charge is 0.433 e. The van der Waals surface area contributed by atoms with Crippen molar-refractivity contribution in [2.45, 2.75) is 19.7 Å². The van der Waals surface area contributed by atoms with Crippen LogP contribution in [0.25, 0.3) is 5.65 Å². The number of alkyl halides is 5. The fourth-order valence-corrected chi connectivity index (χ4v) is 2.66. The van der Waals surface area contributed by atoms with Crippen molar-refractivity contribution < 1.29 is 31.5 Å². The molecule has 28 heavy (non-hydrogen) atoms. The standard InChI is InChI=1S/C16H10ClF5N4O2/c1-7-6-10(16(20,21)22)26-13(23-7)11(17)12(25-26)14(27)24-8-4-2-3-5-9(8)28-15(18)19/h2-6,15H,1H3,(H,24,27). The van der Waals surface area contributed by atoms with Gasteiger partial charge in [-0.25, -0.2) is 9.50 Å². The molecule has 1 N–H and O–H groups in total. The monoisotopic (exact) mass is 420 g/mol. The number of amides is 1. The average Bonchev–Trinajstić information content (AvgIpc) is 2.91. The Morgan fingerprint density at radius 1 is 1.29 bits per heavy atom. The lowest BCUT2D eigenvalue weighted by Crippen LogP contribution is -2.16. The zero-order valence-electron chi connectivity index (χ0n) is 13.9. The molecule has 1 aromatic carbocycles. The SMILES string of the molecule is Cc1cc(C(F)(F)F)n2nc(C(=O)Nc3ccccc3OC(F)F)c(Cl)c2n1. The van der Waals surface area contributed by atoms with E-state index in [9.17, 15) is 26.7 Å². The van der Waals surface area contributed by atoms with E-state index < -0.39 is 35.1 Å². The third kappa shape index (κ3) is 3.84. The van der Waals surface area contributed by atoms with Crippen LogP contribution in [0, 0.1) is 6.92 Å². The summed E-state index contributed by atoms with van der Waals surface area (Å²) in [6, 6.07) is 6.03. The second-order valence-electron chi connectivity index (χ2n) is 5.51. The number of nitrogens with one attached hydrogen (secondary N) is 1. The Morgan fingerprint density at radius 3 is 2.61 bits per heavy atom. The predicted molar refractivity (Wildman–Crippen MR) is 88.8 cm³/mol. The summed E-state index contributed by atoms with van der Waals surface area (Å²) in [5.74, 6) is -1.36. The molecule has 0 radical (unpaired) electrons. The number of ether oxygens (including phenoxy) is 1. The molecule has 3 aromatic rings. The third-order valence-corrected chi connectivity index (χ3v) is 3.87. The number of rotatable bonds is 4. The molecule has 0 bridgehead atoms. The first-order chi connectivity index (χ1) is 13.1. The molecule has 0 aliphatic carbocycles. The maximum Gasteiger partial charge on any atom is 0.433 e. The van der Waals surface area contributed by atoms with Gasteiger partial charge in [0.15, 0.2) is 11.3 Å². The number of benzene rings is 1. The van der Waals surface area contributed by atoms with E-state index in [0.717, 1.165) is 6.07 Å². The fraction of sp³-hybridized carbons (Fsp3) is 0.188. The van der Waals surface area contributed by atoms with Gasteiger partial charge in [0, 0.05) is 5.69 Å². The number of halogens is 6. The molecule has 0 fully saturated rings. The van der Waals surface area contributed by atoms with Crippen molar-refractivity contribution in [2.75, 3.05) is 5.32 Å². The van der Waals surface area contributed by atoms with Crippen molar-refractivity contribution in [3.8, 4) is 5.75 Å². The number of aryl methyl sites for hydroxylation is 1. The summed E-state index contributed by atoms with van der Waals surface area (Å²) in [7, 11) is 0. The first kappa shape index (κ1) is 19.8. The van der Waals surface area contributed by atoms with Gasteiger partial charge < -0.3 is 10.1 Å². The van der Waals surface area contributed by atoms with Crippen molar-refractivity contribution in [2.24, 2.45) is 0 Å². The molecule has 0 saturated carbocycles. The predicted octanol–water partition coefficient (Wildman–Crippen LogP) is 4.56. The molecule has 1 amide bonds. The van der Waals surface area contributed by atoms with E-state index in [1.807, 2.05) is 0 Å². The lowest BCUT2D eigenvalue weighted by atomic mass is 10.2. The molecule has 0 spiro atoms. The van der Waals surface area contributed by atoms with Crippen molar-refractivity contribution in [1.29, 1.82) is 0 Å². The van der Waals surface area contributed by atoms with Gasteiger partial charge in [0.25, 0.3) is 5.91 Å². The second-order valence-corrected chi connectivity index (χ2v) is 5.89. The molecule has 3 rings (SSSR count). The Bertz CT molecular complexity index is 1050. The number of aromatic nitrogens is 3. The number of carbonyl (C=O) groups is 1. The van der Waals surface area contributed by atoms with Crippen molar-refractivity contribution in [3.05, 3.63) is 52.4 Å². The van der Waals surface area contributed by atoms with E-state index in [2.05, 4.69) is 20.1 Å². The summed E-state index contributed by atoms with van der Waals surface area (Å²) in [5, 5.41) is 5.43. The maximum atomic E-state index is 13.2. The van der Waals surface area contributed by atoms with E-state index in [4.69, 9.17) is 11.6 Å². The minimum Gasteiger partial charge on any atom is -0.433 e. The van der Waals surface area contributed by atoms with E-state index in [-0.39, 0.29) is 22.8 Å². The van der Waals surface area contributed by atoms with E-state index >= 15 is 0 Å². The van der Waals surface area contributed by atoms with Gasteiger partial charge in [0.05, 0.1) is 5.69 Å². The zero-order valence-corrected chi connectivity index (χ0v) is 14.6. The molecular weight excluding hydrogens is 411 g/mol. The molecule has 0 saturated heterocycles. The van der Waals surface area contributed by atoms with Gasteiger partial charge in [0.1, 0.15) is 16.5 Å². The van der Waals surface area contributed by atoms with Gasteiger partial charge in [0.2, 0.25) is 0 Å². The van der Waals surface area contributed by atoms with Gasteiger partial charge in [-0.05, 0) is 25.1 Å². The molecule has 0 atom stereocenters. The molecule has 2 heterocycles. The van der Waals surface area contributed by atoms with E-state index in [0.29, 0.717) is 4.52 Å².